The van der Waals surface area contributed by atoms with E-state index in [9.17, 15) is 14.9 Å². The summed E-state index contributed by atoms with van der Waals surface area (Å²) in [7, 11) is 0. The molecule has 42 heavy (non-hydrogen) atoms. The third-order valence-electron chi connectivity index (χ3n) is 7.31. The first-order chi connectivity index (χ1) is 20.5. The second-order valence-electron chi connectivity index (χ2n) is 10.1. The second-order valence-corrected chi connectivity index (χ2v) is 11.2. The van der Waals surface area contributed by atoms with Crippen LogP contribution in [0, 0.1) is 11.3 Å². The van der Waals surface area contributed by atoms with Gasteiger partial charge in [-0.2, -0.15) is 10.4 Å². The maximum atomic E-state index is 13.1. The molecule has 0 spiro atoms. The fraction of sp³-hybridized carbons (Fsp3) is 0.118. The zero-order chi connectivity index (χ0) is 29.1. The van der Waals surface area contributed by atoms with Crippen molar-refractivity contribution >= 4 is 34.2 Å². The van der Waals surface area contributed by atoms with Crippen LogP contribution in [0.4, 0.5) is 5.00 Å². The van der Waals surface area contributed by atoms with Crippen molar-refractivity contribution in [2.45, 2.75) is 25.7 Å². The molecule has 0 saturated heterocycles. The molecular weight excluding hydrogens is 542 g/mol. The molecule has 3 N–H and O–H groups in total. The summed E-state index contributed by atoms with van der Waals surface area (Å²) in [5, 5.41) is 17.9. The van der Waals surface area contributed by atoms with E-state index >= 15 is 0 Å². The Balaban J connectivity index is 1.29. The molecule has 0 fully saturated rings. The highest BCUT2D eigenvalue weighted by Crippen LogP contribution is 2.38. The first-order valence-corrected chi connectivity index (χ1v) is 14.5. The number of hydrogen-bond acceptors (Lipinski definition) is 5. The smallest absolute Gasteiger partial charge is 0.266 e. The van der Waals surface area contributed by atoms with Crippen molar-refractivity contribution in [3.05, 3.63) is 118 Å². The molecule has 0 unspecified atom stereocenters. The lowest BCUT2D eigenvalue weighted by atomic mass is 9.95. The first kappa shape index (κ1) is 26.9. The molecule has 2 heterocycles. The van der Waals surface area contributed by atoms with Crippen LogP contribution in [-0.2, 0) is 17.6 Å². The number of rotatable bonds is 7. The number of benzene rings is 3. The number of aromatic nitrogens is 2. The van der Waals surface area contributed by atoms with Crippen LogP contribution in [0.2, 0.25) is 0 Å². The Morgan fingerprint density at radius 2 is 1.60 bits per heavy atom. The molecule has 0 bridgehead atoms. The van der Waals surface area contributed by atoms with E-state index in [0.29, 0.717) is 16.1 Å². The van der Waals surface area contributed by atoms with Crippen LogP contribution in [0.15, 0.2) is 96.6 Å². The van der Waals surface area contributed by atoms with Gasteiger partial charge >= 0.3 is 0 Å². The summed E-state index contributed by atoms with van der Waals surface area (Å²) >= 11 is 1.37. The van der Waals surface area contributed by atoms with E-state index in [-0.39, 0.29) is 5.57 Å². The number of nitrogens with zero attached hydrogens (tertiary/aromatic N) is 3. The molecule has 6 rings (SSSR count). The van der Waals surface area contributed by atoms with E-state index in [0.717, 1.165) is 64.3 Å². The maximum Gasteiger partial charge on any atom is 0.266 e. The zero-order valence-corrected chi connectivity index (χ0v) is 23.5. The zero-order valence-electron chi connectivity index (χ0n) is 22.7. The van der Waals surface area contributed by atoms with E-state index in [1.54, 1.807) is 0 Å². The summed E-state index contributed by atoms with van der Waals surface area (Å²) in [4.78, 5) is 26.4. The van der Waals surface area contributed by atoms with Gasteiger partial charge in [0, 0.05) is 16.0 Å². The van der Waals surface area contributed by atoms with Crippen molar-refractivity contribution < 1.29 is 9.59 Å². The van der Waals surface area contributed by atoms with Crippen LogP contribution >= 0.6 is 11.3 Å². The van der Waals surface area contributed by atoms with Gasteiger partial charge in [0.05, 0.1) is 22.6 Å². The number of aryl methyl sites for hydroxylation is 1. The number of primary amides is 1. The van der Waals surface area contributed by atoms with Crippen molar-refractivity contribution in [3.63, 3.8) is 0 Å². The Morgan fingerprint density at radius 1 is 0.929 bits per heavy atom. The molecule has 1 aliphatic rings. The number of anilines is 1. The van der Waals surface area contributed by atoms with Gasteiger partial charge in [-0.05, 0) is 61.1 Å². The minimum Gasteiger partial charge on any atom is -0.365 e. The van der Waals surface area contributed by atoms with E-state index in [2.05, 4.69) is 11.4 Å². The Kier molecular flexibility index (Phi) is 7.50. The Hall–Kier alpha value is -5.26. The van der Waals surface area contributed by atoms with Gasteiger partial charge in [-0.15, -0.1) is 11.3 Å². The predicted molar refractivity (Wildman–Crippen MR) is 166 cm³/mol. The highest BCUT2D eigenvalue weighted by Gasteiger charge is 2.25. The van der Waals surface area contributed by atoms with Gasteiger partial charge in [-0.3, -0.25) is 9.59 Å². The summed E-state index contributed by atoms with van der Waals surface area (Å²) in [6.07, 6.45) is 5.18. The molecular formula is C34H27N5O2S. The van der Waals surface area contributed by atoms with Crippen molar-refractivity contribution in [1.82, 2.24) is 9.78 Å². The molecule has 8 heteroatoms. The fourth-order valence-electron chi connectivity index (χ4n) is 5.25. The molecule has 5 aromatic rings. The molecule has 0 atom stereocenters. The standard InChI is InChI=1S/C34H27N5O2S/c35-21-25(33(41)37-34-31(32(36)40)27-13-7-8-14-30(27)42-34)19-22-15-17-26(18-16-22)39-29(24-11-5-2-6-12-24)20-28(38-39)23-9-3-1-4-10-23/h1-6,9-12,15-20H,7-8,13-14H2,(H2,36,40)(H,37,41). The summed E-state index contributed by atoms with van der Waals surface area (Å²) in [6.45, 7) is 0. The number of nitrogens with two attached hydrogens (primary N) is 1. The largest absolute Gasteiger partial charge is 0.365 e. The molecule has 3 aromatic carbocycles. The van der Waals surface area contributed by atoms with Crippen molar-refractivity contribution in [1.29, 1.82) is 5.26 Å². The lowest BCUT2D eigenvalue weighted by Gasteiger charge is -2.11. The number of carbonyl (C=O) groups excluding carboxylic acids is 2. The first-order valence-electron chi connectivity index (χ1n) is 13.7. The number of thiophene rings is 1. The lowest BCUT2D eigenvalue weighted by molar-refractivity contribution is -0.112. The maximum absolute atomic E-state index is 13.1. The number of hydrogen-bond donors (Lipinski definition) is 2. The quantitative estimate of drug-likeness (QED) is 0.166. The summed E-state index contributed by atoms with van der Waals surface area (Å²) in [5.41, 5.74) is 12.3. The van der Waals surface area contributed by atoms with Crippen LogP contribution in [0.5, 0.6) is 0 Å². The van der Waals surface area contributed by atoms with Crippen molar-refractivity contribution in [2.75, 3.05) is 5.32 Å². The molecule has 0 aliphatic heterocycles. The molecule has 2 aromatic heterocycles. The number of nitriles is 1. The van der Waals surface area contributed by atoms with E-state index in [1.807, 2.05) is 95.7 Å². The van der Waals surface area contributed by atoms with Gasteiger partial charge in [0.15, 0.2) is 0 Å². The SMILES string of the molecule is N#CC(=Cc1ccc(-n2nc(-c3ccccc3)cc2-c2ccccc2)cc1)C(=O)Nc1sc2c(c1C(N)=O)CCCC2. The van der Waals surface area contributed by atoms with Gasteiger partial charge in [-0.1, -0.05) is 72.8 Å². The Bertz CT molecular complexity index is 1850. The molecule has 1 aliphatic carbocycles. The van der Waals surface area contributed by atoms with Crippen LogP contribution in [0.25, 0.3) is 34.3 Å². The molecule has 2 amide bonds. The lowest BCUT2D eigenvalue weighted by Crippen LogP contribution is -2.19. The van der Waals surface area contributed by atoms with Gasteiger partial charge in [0.25, 0.3) is 11.8 Å². The average molecular weight is 570 g/mol. The second kappa shape index (κ2) is 11.7. The topological polar surface area (TPSA) is 114 Å². The number of carbonyl (C=O) groups is 2. The molecule has 7 nitrogen and oxygen atoms in total. The van der Waals surface area contributed by atoms with Gasteiger partial charge < -0.3 is 11.1 Å². The molecule has 0 radical (unpaired) electrons. The van der Waals surface area contributed by atoms with Gasteiger partial charge in [-0.25, -0.2) is 4.68 Å². The average Bonchev–Trinajstić information content (AvgIpc) is 3.63. The van der Waals surface area contributed by atoms with Gasteiger partial charge in [0.2, 0.25) is 0 Å². The van der Waals surface area contributed by atoms with Crippen LogP contribution in [-0.4, -0.2) is 21.6 Å². The van der Waals surface area contributed by atoms with E-state index < -0.39 is 11.8 Å². The van der Waals surface area contributed by atoms with Crippen LogP contribution in [0.1, 0.15) is 39.2 Å². The normalized spacial score (nSPS) is 12.8. The monoisotopic (exact) mass is 569 g/mol. The van der Waals surface area contributed by atoms with Crippen LogP contribution in [0.3, 0.4) is 0 Å². The third kappa shape index (κ3) is 5.38. The highest BCUT2D eigenvalue weighted by atomic mass is 32.1. The minimum absolute atomic E-state index is 0.0695. The van der Waals surface area contributed by atoms with Crippen molar-refractivity contribution in [3.8, 4) is 34.3 Å². The Labute approximate surface area is 247 Å². The van der Waals surface area contributed by atoms with Crippen LogP contribution < -0.4 is 11.1 Å². The van der Waals surface area contributed by atoms with E-state index in [1.165, 1.54) is 17.4 Å². The van der Waals surface area contributed by atoms with Gasteiger partial charge in [0.1, 0.15) is 16.6 Å². The summed E-state index contributed by atoms with van der Waals surface area (Å²) in [6, 6.07) is 31.6. The Morgan fingerprint density at radius 3 is 2.26 bits per heavy atom. The molecule has 0 saturated carbocycles. The number of fused-ring (bicyclic) bond motifs is 1. The molecule has 206 valence electrons. The van der Waals surface area contributed by atoms with E-state index in [4.69, 9.17) is 10.8 Å². The van der Waals surface area contributed by atoms with Crippen molar-refractivity contribution in [2.24, 2.45) is 5.73 Å². The highest BCUT2D eigenvalue weighted by molar-refractivity contribution is 7.17. The summed E-state index contributed by atoms with van der Waals surface area (Å²) in [5.74, 6) is -1.14. The minimum atomic E-state index is -0.575. The fourth-order valence-corrected chi connectivity index (χ4v) is 6.54. The number of nitrogens with one attached hydrogen (secondary N) is 1. The third-order valence-corrected chi connectivity index (χ3v) is 8.51. The summed E-state index contributed by atoms with van der Waals surface area (Å²) < 4.78 is 1.90. The predicted octanol–water partition coefficient (Wildman–Crippen LogP) is 6.79. The number of amides is 2.